The third kappa shape index (κ3) is 4.26. The second-order valence-corrected chi connectivity index (χ2v) is 5.80. The van der Waals surface area contributed by atoms with E-state index in [1.54, 1.807) is 12.3 Å². The van der Waals surface area contributed by atoms with Crippen molar-refractivity contribution in [3.8, 4) is 34.8 Å². The quantitative estimate of drug-likeness (QED) is 0.693. The molecule has 0 radical (unpaired) electrons. The Balaban J connectivity index is 1.70. The zero-order valence-electron chi connectivity index (χ0n) is 13.8. The molecule has 1 saturated carbocycles. The van der Waals surface area contributed by atoms with Crippen LogP contribution < -0.4 is 0 Å². The molecule has 0 spiro atoms. The molecule has 0 amide bonds. The van der Waals surface area contributed by atoms with E-state index in [1.165, 1.54) is 7.11 Å². The second-order valence-electron chi connectivity index (χ2n) is 5.80. The normalized spacial score (nSPS) is 17.5. The van der Waals surface area contributed by atoms with E-state index in [1.807, 2.05) is 30.3 Å². The molecule has 4 heteroatoms. The molecule has 1 fully saturated rings. The topological polar surface area (TPSA) is 59.4 Å². The minimum absolute atomic E-state index is 0.209. The number of carbonyl (C=O) groups excluding carboxylic acids is 1. The van der Waals surface area contributed by atoms with Crippen LogP contribution in [0.4, 0.5) is 0 Å². The molecule has 25 heavy (non-hydrogen) atoms. The van der Waals surface area contributed by atoms with E-state index in [0.29, 0.717) is 11.8 Å². The zero-order chi connectivity index (χ0) is 17.6. The number of carbonyl (C=O) groups is 1. The van der Waals surface area contributed by atoms with Crippen LogP contribution in [0.5, 0.6) is 0 Å². The van der Waals surface area contributed by atoms with Crippen LogP contribution in [0, 0.1) is 35.5 Å². The van der Waals surface area contributed by atoms with Gasteiger partial charge in [-0.2, -0.15) is 0 Å². The van der Waals surface area contributed by atoms with Crippen molar-refractivity contribution in [2.45, 2.75) is 6.42 Å². The van der Waals surface area contributed by atoms with Gasteiger partial charge in [0.15, 0.2) is 0 Å². The largest absolute Gasteiger partial charge is 0.464 e. The Morgan fingerprint density at radius 1 is 1.24 bits per heavy atom. The number of rotatable bonds is 3. The molecule has 3 rings (SSSR count). The Bertz CT molecular complexity index is 894. The number of aliphatic hydroxyl groups excluding tert-OH is 1. The maximum atomic E-state index is 11.6. The average molecular weight is 331 g/mol. The molecule has 1 aromatic carbocycles. The molecule has 2 aromatic rings. The van der Waals surface area contributed by atoms with E-state index in [9.17, 15) is 4.79 Å². The molecule has 1 aliphatic carbocycles. The van der Waals surface area contributed by atoms with Gasteiger partial charge in [0.05, 0.1) is 7.11 Å². The summed E-state index contributed by atoms with van der Waals surface area (Å²) in [4.78, 5) is 15.6. The highest BCUT2D eigenvalue weighted by molar-refractivity contribution is 5.88. The first-order chi connectivity index (χ1) is 12.2. The molecule has 0 aliphatic heterocycles. The SMILES string of the molecule is COC(=O)c1cc(-c2ccc(C#CC#C[C@@H]3CC3CO)cc2)ccn1. The number of benzene rings is 1. The summed E-state index contributed by atoms with van der Waals surface area (Å²) < 4.78 is 4.69. The van der Waals surface area contributed by atoms with Crippen LogP contribution in [0.25, 0.3) is 11.1 Å². The minimum Gasteiger partial charge on any atom is -0.464 e. The van der Waals surface area contributed by atoms with Crippen molar-refractivity contribution in [3.05, 3.63) is 53.9 Å². The standard InChI is InChI=1S/C21H17NO3/c1-25-21(24)20-13-18(10-11-22-20)16-8-6-15(7-9-16)4-2-3-5-17-12-19(17)14-23/h6-11,13,17,19,23H,12,14H2,1H3/t17-,19?/m1/s1. The third-order valence-electron chi connectivity index (χ3n) is 4.06. The van der Waals surface area contributed by atoms with Gasteiger partial charge in [-0.15, -0.1) is 0 Å². The first kappa shape index (κ1) is 16.8. The fourth-order valence-electron chi connectivity index (χ4n) is 2.43. The highest BCUT2D eigenvalue weighted by Gasteiger charge is 2.34. The smallest absolute Gasteiger partial charge is 0.356 e. The van der Waals surface area contributed by atoms with Gasteiger partial charge in [-0.1, -0.05) is 24.0 Å². The van der Waals surface area contributed by atoms with Crippen LogP contribution in [0.3, 0.4) is 0 Å². The van der Waals surface area contributed by atoms with Crippen molar-refractivity contribution in [1.82, 2.24) is 4.98 Å². The first-order valence-electron chi connectivity index (χ1n) is 7.98. The van der Waals surface area contributed by atoms with Crippen molar-refractivity contribution in [1.29, 1.82) is 0 Å². The van der Waals surface area contributed by atoms with Gasteiger partial charge < -0.3 is 9.84 Å². The molecule has 124 valence electrons. The number of pyridine rings is 1. The van der Waals surface area contributed by atoms with Gasteiger partial charge in [0.2, 0.25) is 0 Å². The minimum atomic E-state index is -0.456. The predicted octanol–water partition coefficient (Wildman–Crippen LogP) is 2.52. The number of esters is 1. The van der Waals surface area contributed by atoms with Crippen LogP contribution in [0.1, 0.15) is 22.5 Å². The second kappa shape index (κ2) is 7.66. The summed E-state index contributed by atoms with van der Waals surface area (Å²) in [6, 6.07) is 11.2. The molecular formula is C21H17NO3. The molecule has 1 unspecified atom stereocenters. The Labute approximate surface area is 146 Å². The van der Waals surface area contributed by atoms with Gasteiger partial charge in [0.25, 0.3) is 0 Å². The fraction of sp³-hybridized carbons (Fsp3) is 0.238. The molecule has 4 nitrogen and oxygen atoms in total. The van der Waals surface area contributed by atoms with Crippen LogP contribution in [0.2, 0.25) is 0 Å². The number of aromatic nitrogens is 1. The van der Waals surface area contributed by atoms with Crippen molar-refractivity contribution in [2.75, 3.05) is 13.7 Å². The molecule has 1 aromatic heterocycles. The summed E-state index contributed by atoms with van der Waals surface area (Å²) in [5, 5.41) is 8.96. The summed E-state index contributed by atoms with van der Waals surface area (Å²) in [5.41, 5.74) is 3.00. The molecule has 1 aliphatic rings. The molecule has 1 N–H and O–H groups in total. The molecule has 0 saturated heterocycles. The van der Waals surface area contributed by atoms with Crippen LogP contribution in [-0.4, -0.2) is 29.8 Å². The van der Waals surface area contributed by atoms with E-state index in [4.69, 9.17) is 5.11 Å². The number of methoxy groups -OCH3 is 1. The fourth-order valence-corrected chi connectivity index (χ4v) is 2.43. The molecular weight excluding hydrogens is 314 g/mol. The van der Waals surface area contributed by atoms with Crippen molar-refractivity contribution >= 4 is 5.97 Å². The molecule has 0 bridgehead atoms. The summed E-state index contributed by atoms with van der Waals surface area (Å²) in [6.45, 7) is 0.209. The van der Waals surface area contributed by atoms with Gasteiger partial charge in [-0.3, -0.25) is 0 Å². The Morgan fingerprint density at radius 2 is 2.04 bits per heavy atom. The van der Waals surface area contributed by atoms with Gasteiger partial charge in [0.1, 0.15) is 5.69 Å². The summed E-state index contributed by atoms with van der Waals surface area (Å²) >= 11 is 0. The predicted molar refractivity (Wildman–Crippen MR) is 94.3 cm³/mol. The van der Waals surface area contributed by atoms with E-state index >= 15 is 0 Å². The van der Waals surface area contributed by atoms with Crippen molar-refractivity contribution < 1.29 is 14.6 Å². The van der Waals surface area contributed by atoms with Crippen LogP contribution in [0.15, 0.2) is 42.6 Å². The molecule has 2 atom stereocenters. The van der Waals surface area contributed by atoms with Gasteiger partial charge in [0, 0.05) is 24.3 Å². The van der Waals surface area contributed by atoms with Crippen LogP contribution >= 0.6 is 0 Å². The lowest BCUT2D eigenvalue weighted by Crippen LogP contribution is -2.03. The lowest BCUT2D eigenvalue weighted by Gasteiger charge is -2.04. The van der Waals surface area contributed by atoms with Gasteiger partial charge >= 0.3 is 5.97 Å². The lowest BCUT2D eigenvalue weighted by atomic mass is 10.0. The monoisotopic (exact) mass is 331 g/mol. The van der Waals surface area contributed by atoms with Gasteiger partial charge in [-0.05, 0) is 59.6 Å². The lowest BCUT2D eigenvalue weighted by molar-refractivity contribution is 0.0594. The number of aliphatic hydroxyl groups is 1. The van der Waals surface area contributed by atoms with E-state index < -0.39 is 5.97 Å². The number of hydrogen-bond donors (Lipinski definition) is 1. The number of ether oxygens (including phenoxy) is 1. The maximum absolute atomic E-state index is 11.6. The molecule has 1 heterocycles. The van der Waals surface area contributed by atoms with Crippen LogP contribution in [-0.2, 0) is 4.74 Å². The Hall–Kier alpha value is -3.08. The highest BCUT2D eigenvalue weighted by Crippen LogP contribution is 2.36. The Kier molecular flexibility index (Phi) is 5.14. The summed E-state index contributed by atoms with van der Waals surface area (Å²) in [6.07, 6.45) is 2.56. The van der Waals surface area contributed by atoms with Crippen molar-refractivity contribution in [2.24, 2.45) is 11.8 Å². The number of nitrogens with zero attached hydrogens (tertiary/aromatic N) is 1. The third-order valence-corrected chi connectivity index (χ3v) is 4.06. The van der Waals surface area contributed by atoms with Gasteiger partial charge in [-0.25, -0.2) is 9.78 Å². The summed E-state index contributed by atoms with van der Waals surface area (Å²) in [5.74, 6) is 11.9. The number of hydrogen-bond acceptors (Lipinski definition) is 4. The zero-order valence-corrected chi connectivity index (χ0v) is 13.8. The van der Waals surface area contributed by atoms with Crippen molar-refractivity contribution in [3.63, 3.8) is 0 Å². The van der Waals surface area contributed by atoms with E-state index in [-0.39, 0.29) is 12.3 Å². The Morgan fingerprint density at radius 3 is 2.72 bits per heavy atom. The highest BCUT2D eigenvalue weighted by atomic mass is 16.5. The average Bonchev–Trinajstić information content (AvgIpc) is 3.44. The first-order valence-corrected chi connectivity index (χ1v) is 7.98. The maximum Gasteiger partial charge on any atom is 0.356 e. The summed E-state index contributed by atoms with van der Waals surface area (Å²) in [7, 11) is 1.33. The van der Waals surface area contributed by atoms with E-state index in [2.05, 4.69) is 33.4 Å². The van der Waals surface area contributed by atoms with E-state index in [0.717, 1.165) is 23.1 Å².